The summed E-state index contributed by atoms with van der Waals surface area (Å²) in [5.74, 6) is 0.433. The van der Waals surface area contributed by atoms with E-state index in [9.17, 15) is 13.2 Å². The third-order valence-electron chi connectivity index (χ3n) is 3.34. The van der Waals surface area contributed by atoms with Gasteiger partial charge in [0.05, 0.1) is 12.2 Å². The van der Waals surface area contributed by atoms with Crippen LogP contribution in [0.3, 0.4) is 0 Å². The fourth-order valence-electron chi connectivity index (χ4n) is 2.14. The average Bonchev–Trinajstić information content (AvgIpc) is 2.52. The van der Waals surface area contributed by atoms with Crippen molar-refractivity contribution < 1.29 is 17.9 Å². The van der Waals surface area contributed by atoms with Gasteiger partial charge in [0, 0.05) is 12.5 Å². The molecular formula is C17H17F3NO. The van der Waals surface area contributed by atoms with Crippen LogP contribution < -0.4 is 10.1 Å². The highest BCUT2D eigenvalue weighted by Gasteiger charge is 2.29. The minimum atomic E-state index is -4.32. The summed E-state index contributed by atoms with van der Waals surface area (Å²) in [6, 6.07) is 15.5. The molecule has 0 bridgehead atoms. The maximum Gasteiger partial charge on any atom is 0.416 e. The van der Waals surface area contributed by atoms with Crippen molar-refractivity contribution >= 4 is 0 Å². The van der Waals surface area contributed by atoms with Gasteiger partial charge in [-0.1, -0.05) is 18.2 Å². The van der Waals surface area contributed by atoms with Gasteiger partial charge in [-0.05, 0) is 49.0 Å². The molecule has 1 atom stereocenters. The van der Waals surface area contributed by atoms with E-state index in [4.69, 9.17) is 4.74 Å². The Morgan fingerprint density at radius 3 is 2.45 bits per heavy atom. The lowest BCUT2D eigenvalue weighted by Gasteiger charge is -2.17. The molecule has 1 N–H and O–H groups in total. The molecule has 1 radical (unpaired) electrons. The Morgan fingerprint density at radius 1 is 1.18 bits per heavy atom. The second-order valence-electron chi connectivity index (χ2n) is 4.84. The molecule has 0 aromatic heterocycles. The largest absolute Gasteiger partial charge is 0.494 e. The SMILES string of the molecule is CNC(CCOc1ccc(C(F)(F)F)cc1)c1c[c]ccc1. The van der Waals surface area contributed by atoms with Crippen molar-refractivity contribution in [2.24, 2.45) is 0 Å². The van der Waals surface area contributed by atoms with Gasteiger partial charge in [0.25, 0.3) is 0 Å². The first kappa shape index (κ1) is 16.4. The Kier molecular flexibility index (Phi) is 5.44. The summed E-state index contributed by atoms with van der Waals surface area (Å²) in [4.78, 5) is 0. The Labute approximate surface area is 127 Å². The van der Waals surface area contributed by atoms with Crippen LogP contribution in [0, 0.1) is 6.07 Å². The molecule has 117 valence electrons. The van der Waals surface area contributed by atoms with Gasteiger partial charge in [-0.2, -0.15) is 13.2 Å². The molecule has 0 aliphatic carbocycles. The summed E-state index contributed by atoms with van der Waals surface area (Å²) < 4.78 is 42.9. The molecular weight excluding hydrogens is 291 g/mol. The van der Waals surface area contributed by atoms with Crippen LogP contribution >= 0.6 is 0 Å². The number of nitrogens with one attached hydrogen (secondary N) is 1. The van der Waals surface area contributed by atoms with E-state index in [-0.39, 0.29) is 6.04 Å². The molecule has 2 rings (SSSR count). The molecule has 0 aliphatic rings. The summed E-state index contributed by atoms with van der Waals surface area (Å²) in [7, 11) is 1.86. The summed E-state index contributed by atoms with van der Waals surface area (Å²) in [5, 5.41) is 3.18. The lowest BCUT2D eigenvalue weighted by atomic mass is 10.0. The van der Waals surface area contributed by atoms with E-state index in [0.29, 0.717) is 18.8 Å². The number of ether oxygens (including phenoxy) is 1. The minimum Gasteiger partial charge on any atom is -0.494 e. The monoisotopic (exact) mass is 308 g/mol. The highest BCUT2D eigenvalue weighted by molar-refractivity contribution is 5.28. The third-order valence-corrected chi connectivity index (χ3v) is 3.34. The Balaban J connectivity index is 1.88. The molecule has 2 aromatic carbocycles. The minimum absolute atomic E-state index is 0.117. The molecule has 0 fully saturated rings. The van der Waals surface area contributed by atoms with Crippen molar-refractivity contribution in [3.8, 4) is 5.75 Å². The zero-order valence-corrected chi connectivity index (χ0v) is 12.2. The van der Waals surface area contributed by atoms with Crippen LogP contribution in [0.5, 0.6) is 5.75 Å². The van der Waals surface area contributed by atoms with Gasteiger partial charge in [-0.3, -0.25) is 0 Å². The van der Waals surface area contributed by atoms with E-state index >= 15 is 0 Å². The predicted octanol–water partition coefficient (Wildman–Crippen LogP) is 4.24. The zero-order chi connectivity index (χ0) is 16.0. The lowest BCUT2D eigenvalue weighted by Crippen LogP contribution is -2.19. The number of rotatable bonds is 6. The van der Waals surface area contributed by atoms with E-state index in [1.165, 1.54) is 12.1 Å². The highest BCUT2D eigenvalue weighted by atomic mass is 19.4. The fraction of sp³-hybridized carbons (Fsp3) is 0.294. The molecule has 2 nitrogen and oxygen atoms in total. The first-order valence-corrected chi connectivity index (χ1v) is 6.94. The number of benzene rings is 2. The molecule has 0 heterocycles. The van der Waals surface area contributed by atoms with Crippen molar-refractivity contribution in [3.05, 3.63) is 65.7 Å². The van der Waals surface area contributed by atoms with E-state index in [2.05, 4.69) is 11.4 Å². The van der Waals surface area contributed by atoms with Crippen LogP contribution in [0.4, 0.5) is 13.2 Å². The molecule has 0 amide bonds. The maximum atomic E-state index is 12.5. The molecule has 0 aliphatic heterocycles. The molecule has 0 saturated heterocycles. The van der Waals surface area contributed by atoms with Crippen molar-refractivity contribution in [2.45, 2.75) is 18.6 Å². The molecule has 0 spiro atoms. The fourth-order valence-corrected chi connectivity index (χ4v) is 2.14. The van der Waals surface area contributed by atoms with Crippen LogP contribution in [-0.2, 0) is 6.18 Å². The van der Waals surface area contributed by atoms with Gasteiger partial charge in [-0.25, -0.2) is 0 Å². The van der Waals surface area contributed by atoms with Gasteiger partial charge in [0.1, 0.15) is 5.75 Å². The molecule has 0 saturated carbocycles. The number of hydrogen-bond donors (Lipinski definition) is 1. The molecule has 1 unspecified atom stereocenters. The quantitative estimate of drug-likeness (QED) is 0.862. The molecule has 22 heavy (non-hydrogen) atoms. The lowest BCUT2D eigenvalue weighted by molar-refractivity contribution is -0.137. The summed E-state index contributed by atoms with van der Waals surface area (Å²) in [6.45, 7) is 0.408. The second-order valence-corrected chi connectivity index (χ2v) is 4.84. The van der Waals surface area contributed by atoms with Crippen molar-refractivity contribution in [1.29, 1.82) is 0 Å². The van der Waals surface area contributed by atoms with Crippen LogP contribution in [0.1, 0.15) is 23.6 Å². The van der Waals surface area contributed by atoms with Gasteiger partial charge in [-0.15, -0.1) is 0 Å². The second kappa shape index (κ2) is 7.31. The van der Waals surface area contributed by atoms with Crippen LogP contribution in [0.2, 0.25) is 0 Å². The summed E-state index contributed by atoms with van der Waals surface area (Å²) >= 11 is 0. The van der Waals surface area contributed by atoms with Crippen LogP contribution in [-0.4, -0.2) is 13.7 Å². The Morgan fingerprint density at radius 2 is 1.91 bits per heavy atom. The first-order chi connectivity index (χ1) is 10.5. The molecule has 2 aromatic rings. The van der Waals surface area contributed by atoms with Crippen molar-refractivity contribution in [2.75, 3.05) is 13.7 Å². The smallest absolute Gasteiger partial charge is 0.416 e. The topological polar surface area (TPSA) is 21.3 Å². The Bertz CT molecular complexity index is 567. The number of halogens is 3. The van der Waals surface area contributed by atoms with Crippen molar-refractivity contribution in [3.63, 3.8) is 0 Å². The predicted molar refractivity (Wildman–Crippen MR) is 78.6 cm³/mol. The maximum absolute atomic E-state index is 12.5. The van der Waals surface area contributed by atoms with E-state index in [0.717, 1.165) is 17.7 Å². The third kappa shape index (κ3) is 4.49. The van der Waals surface area contributed by atoms with E-state index < -0.39 is 11.7 Å². The average molecular weight is 308 g/mol. The zero-order valence-electron chi connectivity index (χ0n) is 12.2. The van der Waals surface area contributed by atoms with Crippen LogP contribution in [0.15, 0.2) is 48.5 Å². The summed E-state index contributed by atoms with van der Waals surface area (Å²) in [5.41, 5.74) is 0.425. The van der Waals surface area contributed by atoms with E-state index in [1.807, 2.05) is 31.3 Å². The van der Waals surface area contributed by atoms with Crippen molar-refractivity contribution in [1.82, 2.24) is 5.32 Å². The van der Waals surface area contributed by atoms with Crippen LogP contribution in [0.25, 0.3) is 0 Å². The number of alkyl halides is 3. The van der Waals surface area contributed by atoms with Gasteiger partial charge < -0.3 is 10.1 Å². The normalized spacial score (nSPS) is 12.9. The highest BCUT2D eigenvalue weighted by Crippen LogP contribution is 2.30. The first-order valence-electron chi connectivity index (χ1n) is 6.94. The number of hydrogen-bond acceptors (Lipinski definition) is 2. The summed E-state index contributed by atoms with van der Waals surface area (Å²) in [6.07, 6.45) is -3.62. The van der Waals surface area contributed by atoms with E-state index in [1.54, 1.807) is 0 Å². The standard InChI is InChI=1S/C17H17F3NO/c1-21-16(13-5-3-2-4-6-13)11-12-22-15-9-7-14(8-10-15)17(18,19)20/h2-3,5-10,16,21H,11-12H2,1H3. The Hall–Kier alpha value is -2.01. The van der Waals surface area contributed by atoms with Gasteiger partial charge >= 0.3 is 6.18 Å². The van der Waals surface area contributed by atoms with Gasteiger partial charge in [0.2, 0.25) is 0 Å². The molecule has 5 heteroatoms. The van der Waals surface area contributed by atoms with Gasteiger partial charge in [0.15, 0.2) is 0 Å².